The normalized spacial score (nSPS) is 22.2. The van der Waals surface area contributed by atoms with E-state index in [2.05, 4.69) is 16.3 Å². The van der Waals surface area contributed by atoms with E-state index < -0.39 is 11.9 Å². The highest BCUT2D eigenvalue weighted by atomic mass is 35.5. The maximum absolute atomic E-state index is 13.6. The van der Waals surface area contributed by atoms with E-state index in [0.717, 1.165) is 41.1 Å². The number of hydrogen-bond acceptors (Lipinski definition) is 5. The van der Waals surface area contributed by atoms with Crippen molar-refractivity contribution in [2.75, 3.05) is 44.9 Å². The first-order valence-corrected chi connectivity index (χ1v) is 13.6. The number of quaternary nitrogens is 1. The smallest absolute Gasteiger partial charge is 0.435 e. The summed E-state index contributed by atoms with van der Waals surface area (Å²) in [7, 11) is 1.54. The average molecular weight is 616 g/mol. The predicted molar refractivity (Wildman–Crippen MR) is 153 cm³/mol. The van der Waals surface area contributed by atoms with Crippen LogP contribution in [0, 0.1) is 0 Å². The zero-order chi connectivity index (χ0) is 26.5. The number of benzene rings is 1. The molecule has 214 valence electrons. The molecule has 5 heterocycles. The van der Waals surface area contributed by atoms with Crippen LogP contribution in [0.25, 0.3) is 11.3 Å². The van der Waals surface area contributed by atoms with Crippen LogP contribution >= 0.6 is 36.6 Å². The first-order valence-electron chi connectivity index (χ1n) is 12.4. The number of carbonyl (C=O) groups is 1. The van der Waals surface area contributed by atoms with Crippen molar-refractivity contribution in [3.63, 3.8) is 0 Å². The topological polar surface area (TPSA) is 50.6 Å². The number of alkyl halides is 3. The SMILES string of the molecule is COc1ccc(-n2nc(C(F)(F)F)cc2C2=CCN([N@@+]34C=CC=C3C=C(C(=O)N3CCSC3)C4)CC2)cc1.Cl.Cl. The summed E-state index contributed by atoms with van der Waals surface area (Å²) < 4.78 is 47.9. The van der Waals surface area contributed by atoms with Crippen molar-refractivity contribution < 1.29 is 27.3 Å². The predicted octanol–water partition coefficient (Wildman–Crippen LogP) is 5.45. The Morgan fingerprint density at radius 3 is 2.55 bits per heavy atom. The number of thioether (sulfide) groups is 1. The van der Waals surface area contributed by atoms with E-state index in [9.17, 15) is 18.0 Å². The van der Waals surface area contributed by atoms with Crippen molar-refractivity contribution in [1.82, 2.24) is 19.7 Å². The second-order valence-corrected chi connectivity index (χ2v) is 10.7. The third-order valence-corrected chi connectivity index (χ3v) is 8.40. The first-order chi connectivity index (χ1) is 18.3. The van der Waals surface area contributed by atoms with Gasteiger partial charge in [0.1, 0.15) is 18.5 Å². The lowest BCUT2D eigenvalue weighted by molar-refractivity contribution is -0.947. The molecule has 1 amide bonds. The Morgan fingerprint density at radius 1 is 1.15 bits per heavy atom. The fourth-order valence-electron chi connectivity index (χ4n) is 5.43. The van der Waals surface area contributed by atoms with Crippen LogP contribution in [0.5, 0.6) is 5.75 Å². The summed E-state index contributed by atoms with van der Waals surface area (Å²) in [5, 5.41) is 6.17. The molecular weight excluding hydrogens is 586 g/mol. The van der Waals surface area contributed by atoms with Gasteiger partial charge in [0.05, 0.1) is 43.0 Å². The van der Waals surface area contributed by atoms with E-state index in [-0.39, 0.29) is 30.7 Å². The molecule has 7 nitrogen and oxygen atoms in total. The Labute approximate surface area is 247 Å². The quantitative estimate of drug-likeness (QED) is 0.419. The fourth-order valence-corrected chi connectivity index (χ4v) is 6.38. The lowest BCUT2D eigenvalue weighted by Gasteiger charge is -2.40. The van der Waals surface area contributed by atoms with Gasteiger partial charge in [-0.05, 0) is 48.4 Å². The zero-order valence-corrected chi connectivity index (χ0v) is 24.1. The lowest BCUT2D eigenvalue weighted by Crippen LogP contribution is -2.55. The van der Waals surface area contributed by atoms with Crippen LogP contribution in [0.1, 0.15) is 17.8 Å². The molecule has 4 aliphatic rings. The molecular formula is C27H29Cl2F3N5O2S+. The van der Waals surface area contributed by atoms with Crippen LogP contribution in [0.2, 0.25) is 0 Å². The van der Waals surface area contributed by atoms with E-state index >= 15 is 0 Å². The number of allylic oxidation sites excluding steroid dienone is 3. The largest absolute Gasteiger partial charge is 0.497 e. The molecule has 40 heavy (non-hydrogen) atoms. The number of fused-ring (bicyclic) bond motifs is 1. The standard InChI is InChI=1S/C27H27F3N5O2S.2ClH/c1-37-23-6-4-21(5-7-23)34-24(16-25(31-34)27(28,29)30)19-8-10-33(11-9-19)35-13-2-3-22(35)15-20(17-35)26(36)32-12-14-38-18-32;;/h2-8,13,15-16H,9-12,14,17-18H2,1H3;2*1H/q+1;;/t35-;;/m1../s1. The van der Waals surface area contributed by atoms with Gasteiger partial charge in [0.15, 0.2) is 11.4 Å². The summed E-state index contributed by atoms with van der Waals surface area (Å²) in [6.45, 7) is 2.47. The van der Waals surface area contributed by atoms with Gasteiger partial charge in [-0.15, -0.1) is 41.6 Å². The van der Waals surface area contributed by atoms with Crippen LogP contribution in [0.3, 0.4) is 0 Å². The second-order valence-electron chi connectivity index (χ2n) is 9.61. The maximum Gasteiger partial charge on any atom is 0.435 e. The molecule has 0 radical (unpaired) electrons. The number of halogens is 5. The molecule has 4 aliphatic heterocycles. The van der Waals surface area contributed by atoms with Gasteiger partial charge in [0.2, 0.25) is 0 Å². The molecule has 6 rings (SSSR count). The summed E-state index contributed by atoms with van der Waals surface area (Å²) >= 11 is 1.76. The molecule has 1 atom stereocenters. The van der Waals surface area contributed by atoms with Crippen LogP contribution in [0.4, 0.5) is 13.2 Å². The Bertz CT molecular complexity index is 1400. The van der Waals surface area contributed by atoms with Gasteiger partial charge in [-0.3, -0.25) is 4.79 Å². The molecule has 1 fully saturated rings. The van der Waals surface area contributed by atoms with E-state index in [1.54, 1.807) is 36.0 Å². The van der Waals surface area contributed by atoms with E-state index in [1.165, 1.54) is 11.8 Å². The van der Waals surface area contributed by atoms with E-state index in [1.807, 2.05) is 29.2 Å². The van der Waals surface area contributed by atoms with Gasteiger partial charge in [-0.1, -0.05) is 6.08 Å². The van der Waals surface area contributed by atoms with Crippen LogP contribution in [-0.2, 0) is 11.0 Å². The highest BCUT2D eigenvalue weighted by Crippen LogP contribution is 2.40. The van der Waals surface area contributed by atoms with Crippen molar-refractivity contribution in [2.45, 2.75) is 12.6 Å². The van der Waals surface area contributed by atoms with E-state index in [0.29, 0.717) is 47.8 Å². The van der Waals surface area contributed by atoms with Gasteiger partial charge in [0, 0.05) is 24.4 Å². The number of aromatic nitrogens is 2. The molecule has 1 aromatic carbocycles. The monoisotopic (exact) mass is 614 g/mol. The molecule has 0 saturated carbocycles. The van der Waals surface area contributed by atoms with Gasteiger partial charge in [0.25, 0.3) is 5.91 Å². The summed E-state index contributed by atoms with van der Waals surface area (Å²) in [5.41, 5.74) is 2.68. The van der Waals surface area contributed by atoms with Crippen LogP contribution in [-0.4, -0.2) is 75.1 Å². The Balaban J connectivity index is 0.00000185. The van der Waals surface area contributed by atoms with Crippen molar-refractivity contribution >= 4 is 48.1 Å². The van der Waals surface area contributed by atoms with Crippen LogP contribution in [0.15, 0.2) is 72.1 Å². The minimum absolute atomic E-state index is 0. The summed E-state index contributed by atoms with van der Waals surface area (Å²) in [6, 6.07) is 7.93. The molecule has 2 aromatic rings. The van der Waals surface area contributed by atoms with Crippen molar-refractivity contribution in [2.24, 2.45) is 0 Å². The summed E-state index contributed by atoms with van der Waals surface area (Å²) in [5.74, 6) is 2.39. The number of methoxy groups -OCH3 is 1. The number of rotatable bonds is 5. The number of nitrogens with zero attached hydrogens (tertiary/aromatic N) is 5. The lowest BCUT2D eigenvalue weighted by atomic mass is 10.0. The molecule has 13 heteroatoms. The van der Waals surface area contributed by atoms with Gasteiger partial charge in [-0.25, -0.2) is 4.68 Å². The highest BCUT2D eigenvalue weighted by Gasteiger charge is 2.47. The number of hydrogen-bond donors (Lipinski definition) is 0. The number of ether oxygens (including phenoxy) is 1. The number of amides is 1. The Kier molecular flexibility index (Phi) is 8.82. The van der Waals surface area contributed by atoms with Crippen molar-refractivity contribution in [3.05, 3.63) is 83.5 Å². The van der Waals surface area contributed by atoms with E-state index in [4.69, 9.17) is 4.74 Å². The maximum atomic E-state index is 13.6. The molecule has 0 spiro atoms. The summed E-state index contributed by atoms with van der Waals surface area (Å²) in [4.78, 5) is 15.0. The molecule has 0 bridgehead atoms. The Morgan fingerprint density at radius 2 is 1.93 bits per heavy atom. The average Bonchev–Trinajstić information content (AvgIpc) is 3.71. The molecule has 1 aromatic heterocycles. The molecule has 1 saturated heterocycles. The Hall–Kier alpha value is -2.70. The second kappa shape index (κ2) is 11.7. The van der Waals surface area contributed by atoms with Gasteiger partial charge >= 0.3 is 6.18 Å². The van der Waals surface area contributed by atoms with Crippen molar-refractivity contribution in [1.29, 1.82) is 0 Å². The molecule has 0 unspecified atom stereocenters. The minimum Gasteiger partial charge on any atom is -0.497 e. The third-order valence-electron chi connectivity index (χ3n) is 7.43. The molecule has 0 N–H and O–H groups in total. The minimum atomic E-state index is -4.55. The fraction of sp³-hybridized carbons (Fsp3) is 0.333. The zero-order valence-electron chi connectivity index (χ0n) is 21.6. The third kappa shape index (κ3) is 5.33. The number of carbonyl (C=O) groups excluding carboxylic acids is 1. The van der Waals surface area contributed by atoms with Crippen LogP contribution < -0.4 is 4.74 Å². The highest BCUT2D eigenvalue weighted by molar-refractivity contribution is 7.99. The van der Waals surface area contributed by atoms with Gasteiger partial charge in [-0.2, -0.15) is 22.9 Å². The summed E-state index contributed by atoms with van der Waals surface area (Å²) in [6.07, 6.45) is 6.11. The van der Waals surface area contributed by atoms with Gasteiger partial charge < -0.3 is 9.64 Å². The van der Waals surface area contributed by atoms with Crippen molar-refractivity contribution in [3.8, 4) is 11.4 Å². The molecule has 0 aliphatic carbocycles. The first kappa shape index (κ1) is 30.3.